The Morgan fingerprint density at radius 3 is 3.00 bits per heavy atom. The van der Waals surface area contributed by atoms with Gasteiger partial charge in [-0.15, -0.1) is 11.8 Å². The van der Waals surface area contributed by atoms with Crippen molar-refractivity contribution < 1.29 is 9.59 Å². The highest BCUT2D eigenvalue weighted by atomic mass is 32.2. The molecule has 2 rings (SSSR count). The summed E-state index contributed by atoms with van der Waals surface area (Å²) in [5.41, 5.74) is 5.71. The molecule has 84 valence electrons. The van der Waals surface area contributed by atoms with Gasteiger partial charge in [-0.2, -0.15) is 0 Å². The van der Waals surface area contributed by atoms with E-state index in [0.29, 0.717) is 5.75 Å². The van der Waals surface area contributed by atoms with Crippen LogP contribution in [0.2, 0.25) is 0 Å². The number of carbonyl (C=O) groups is 2. The minimum Gasteiger partial charge on any atom is -0.357 e. The molecule has 6 heteroatoms. The lowest BCUT2D eigenvalue weighted by Crippen LogP contribution is -2.56. The number of nitrogens with zero attached hydrogens (tertiary/aromatic N) is 1. The Morgan fingerprint density at radius 1 is 1.60 bits per heavy atom. The SMILES string of the molecule is CNC(=O)[C@@H]1CSC2CC[C@H](N)C(=O)N21. The molecule has 0 spiro atoms. The van der Waals surface area contributed by atoms with E-state index < -0.39 is 6.04 Å². The van der Waals surface area contributed by atoms with E-state index in [1.165, 1.54) is 0 Å². The Bertz CT molecular complexity index is 297. The Morgan fingerprint density at radius 2 is 2.33 bits per heavy atom. The predicted molar refractivity (Wildman–Crippen MR) is 58.2 cm³/mol. The number of hydrogen-bond acceptors (Lipinski definition) is 4. The van der Waals surface area contributed by atoms with Gasteiger partial charge in [0.1, 0.15) is 6.04 Å². The number of carbonyl (C=O) groups excluding carboxylic acids is 2. The maximum atomic E-state index is 11.8. The number of piperidine rings is 1. The van der Waals surface area contributed by atoms with Crippen LogP contribution in [-0.4, -0.2) is 47.0 Å². The Hall–Kier alpha value is -0.750. The fourth-order valence-corrected chi connectivity index (χ4v) is 3.52. The van der Waals surface area contributed by atoms with Gasteiger partial charge in [-0.25, -0.2) is 0 Å². The predicted octanol–water partition coefficient (Wildman–Crippen LogP) is -0.876. The number of amides is 2. The van der Waals surface area contributed by atoms with Crippen molar-refractivity contribution in [2.75, 3.05) is 12.8 Å². The lowest BCUT2D eigenvalue weighted by atomic mass is 10.0. The molecular formula is C9H15N3O2S. The fourth-order valence-electron chi connectivity index (χ4n) is 2.09. The number of nitrogens with two attached hydrogens (primary N) is 1. The molecule has 2 aliphatic rings. The van der Waals surface area contributed by atoms with Gasteiger partial charge in [-0.3, -0.25) is 9.59 Å². The standard InChI is InChI=1S/C9H15N3O2S/c1-11-8(13)6-4-15-7-3-2-5(10)9(14)12(6)7/h5-7H,2-4,10H2,1H3,(H,11,13)/t5-,6-,7?/m0/s1. The van der Waals surface area contributed by atoms with E-state index in [1.54, 1.807) is 23.7 Å². The highest BCUT2D eigenvalue weighted by Gasteiger charge is 2.45. The van der Waals surface area contributed by atoms with Crippen LogP contribution < -0.4 is 11.1 Å². The van der Waals surface area contributed by atoms with Crippen LogP contribution in [0.5, 0.6) is 0 Å². The minimum atomic E-state index is -0.424. The van der Waals surface area contributed by atoms with Crippen molar-refractivity contribution in [1.29, 1.82) is 0 Å². The summed E-state index contributed by atoms with van der Waals surface area (Å²) in [6.07, 6.45) is 1.62. The molecule has 0 aromatic carbocycles. The molecule has 2 fully saturated rings. The second kappa shape index (κ2) is 4.02. The molecule has 0 aliphatic carbocycles. The first-order valence-corrected chi connectivity index (χ1v) is 6.11. The third kappa shape index (κ3) is 1.72. The van der Waals surface area contributed by atoms with Crippen molar-refractivity contribution in [3.05, 3.63) is 0 Å². The first kappa shape index (κ1) is 10.8. The molecule has 5 nitrogen and oxygen atoms in total. The fraction of sp³-hybridized carbons (Fsp3) is 0.778. The topological polar surface area (TPSA) is 75.4 Å². The maximum absolute atomic E-state index is 11.8. The van der Waals surface area contributed by atoms with Gasteiger partial charge < -0.3 is 16.0 Å². The molecule has 3 atom stereocenters. The molecule has 0 aromatic rings. The summed E-state index contributed by atoms with van der Waals surface area (Å²) in [6, 6.07) is -0.754. The maximum Gasteiger partial charge on any atom is 0.243 e. The van der Waals surface area contributed by atoms with Crippen LogP contribution >= 0.6 is 11.8 Å². The van der Waals surface area contributed by atoms with Crippen LogP contribution in [0, 0.1) is 0 Å². The van der Waals surface area contributed by atoms with Crippen LogP contribution in [0.25, 0.3) is 0 Å². The van der Waals surface area contributed by atoms with Gasteiger partial charge >= 0.3 is 0 Å². The van der Waals surface area contributed by atoms with E-state index in [0.717, 1.165) is 12.8 Å². The van der Waals surface area contributed by atoms with Gasteiger partial charge in [0.25, 0.3) is 0 Å². The largest absolute Gasteiger partial charge is 0.357 e. The van der Waals surface area contributed by atoms with Crippen molar-refractivity contribution in [3.63, 3.8) is 0 Å². The van der Waals surface area contributed by atoms with E-state index in [-0.39, 0.29) is 23.2 Å². The quantitative estimate of drug-likeness (QED) is 0.612. The van der Waals surface area contributed by atoms with Gasteiger partial charge in [-0.1, -0.05) is 0 Å². The summed E-state index contributed by atoms with van der Waals surface area (Å²) in [6.45, 7) is 0. The van der Waals surface area contributed by atoms with Crippen molar-refractivity contribution in [3.8, 4) is 0 Å². The normalized spacial score (nSPS) is 35.2. The van der Waals surface area contributed by atoms with Crippen LogP contribution in [0.4, 0.5) is 0 Å². The monoisotopic (exact) mass is 229 g/mol. The minimum absolute atomic E-state index is 0.0788. The van der Waals surface area contributed by atoms with E-state index in [4.69, 9.17) is 5.73 Å². The van der Waals surface area contributed by atoms with Crippen LogP contribution in [0.1, 0.15) is 12.8 Å². The van der Waals surface area contributed by atoms with Gasteiger partial charge in [0.2, 0.25) is 11.8 Å². The summed E-state index contributed by atoms with van der Waals surface area (Å²) in [4.78, 5) is 25.1. The third-order valence-electron chi connectivity index (χ3n) is 2.94. The molecule has 0 aromatic heterocycles. The van der Waals surface area contributed by atoms with E-state index in [9.17, 15) is 9.59 Å². The molecule has 0 saturated carbocycles. The first-order valence-electron chi connectivity index (χ1n) is 5.06. The molecule has 0 bridgehead atoms. The van der Waals surface area contributed by atoms with E-state index >= 15 is 0 Å². The highest BCUT2D eigenvalue weighted by Crippen LogP contribution is 2.35. The summed E-state index contributed by atoms with van der Waals surface area (Å²) in [5, 5.41) is 2.74. The van der Waals surface area contributed by atoms with E-state index in [1.807, 2.05) is 0 Å². The van der Waals surface area contributed by atoms with Crippen molar-refractivity contribution in [1.82, 2.24) is 10.2 Å². The second-order valence-corrected chi connectivity index (χ2v) is 5.06. The molecule has 2 heterocycles. The number of nitrogens with one attached hydrogen (secondary N) is 1. The van der Waals surface area contributed by atoms with Crippen LogP contribution in [-0.2, 0) is 9.59 Å². The summed E-state index contributed by atoms with van der Waals surface area (Å²) in [7, 11) is 1.59. The van der Waals surface area contributed by atoms with Crippen molar-refractivity contribution >= 4 is 23.6 Å². The summed E-state index contributed by atoms with van der Waals surface area (Å²) in [5.74, 6) is 0.514. The average Bonchev–Trinajstić information content (AvgIpc) is 2.67. The second-order valence-electron chi connectivity index (χ2n) is 3.85. The zero-order valence-corrected chi connectivity index (χ0v) is 9.42. The highest BCUT2D eigenvalue weighted by molar-refractivity contribution is 8.00. The van der Waals surface area contributed by atoms with Crippen LogP contribution in [0.3, 0.4) is 0 Å². The lowest BCUT2D eigenvalue weighted by Gasteiger charge is -2.35. The first-order chi connectivity index (χ1) is 7.15. The Balaban J connectivity index is 2.17. The number of fused-ring (bicyclic) bond motifs is 1. The number of thioether (sulfide) groups is 1. The average molecular weight is 229 g/mol. The lowest BCUT2D eigenvalue weighted by molar-refractivity contribution is -0.142. The van der Waals surface area contributed by atoms with Crippen molar-refractivity contribution in [2.24, 2.45) is 5.73 Å². The molecule has 3 N–H and O–H groups in total. The van der Waals surface area contributed by atoms with Gasteiger partial charge in [0.05, 0.1) is 11.4 Å². The molecule has 15 heavy (non-hydrogen) atoms. The zero-order valence-electron chi connectivity index (χ0n) is 8.60. The molecule has 2 aliphatic heterocycles. The molecule has 2 saturated heterocycles. The number of hydrogen-bond donors (Lipinski definition) is 2. The van der Waals surface area contributed by atoms with Gasteiger partial charge in [0.15, 0.2) is 0 Å². The molecule has 2 amide bonds. The summed E-state index contributed by atoms with van der Waals surface area (Å²) < 4.78 is 0. The summed E-state index contributed by atoms with van der Waals surface area (Å²) >= 11 is 1.67. The molecule has 0 radical (unpaired) electrons. The molecule has 1 unspecified atom stereocenters. The van der Waals surface area contributed by atoms with Crippen molar-refractivity contribution in [2.45, 2.75) is 30.3 Å². The van der Waals surface area contributed by atoms with E-state index in [2.05, 4.69) is 5.32 Å². The number of rotatable bonds is 1. The zero-order chi connectivity index (χ0) is 11.0. The Kier molecular flexibility index (Phi) is 2.88. The van der Waals surface area contributed by atoms with Gasteiger partial charge in [-0.05, 0) is 12.8 Å². The Labute approximate surface area is 92.7 Å². The van der Waals surface area contributed by atoms with Gasteiger partial charge in [0, 0.05) is 12.8 Å². The van der Waals surface area contributed by atoms with Crippen LogP contribution in [0.15, 0.2) is 0 Å². The molecular weight excluding hydrogens is 214 g/mol. The third-order valence-corrected chi connectivity index (χ3v) is 4.29. The number of likely N-dealkylation sites (N-methyl/N-ethyl adjacent to an activating group) is 1. The smallest absolute Gasteiger partial charge is 0.243 e.